The van der Waals surface area contributed by atoms with Crippen molar-refractivity contribution in [3.05, 3.63) is 39.4 Å². The van der Waals surface area contributed by atoms with E-state index in [0.29, 0.717) is 11.6 Å². The van der Waals surface area contributed by atoms with Crippen molar-refractivity contribution in [1.82, 2.24) is 15.2 Å². The Hall–Kier alpha value is -1.62. The van der Waals surface area contributed by atoms with Crippen molar-refractivity contribution in [1.29, 1.82) is 5.26 Å². The molecule has 0 aliphatic carbocycles. The zero-order valence-electron chi connectivity index (χ0n) is 10.9. The maximum absolute atomic E-state index is 8.95. The monoisotopic (exact) mass is 379 g/mol. The number of aromatic nitrogens is 3. The summed E-state index contributed by atoms with van der Waals surface area (Å²) in [5.74, 6) is 1.34. The van der Waals surface area contributed by atoms with Crippen molar-refractivity contribution in [3.63, 3.8) is 0 Å². The Morgan fingerprint density at radius 2 is 2.35 bits per heavy atom. The van der Waals surface area contributed by atoms with Gasteiger partial charge in [0.2, 0.25) is 0 Å². The quantitative estimate of drug-likeness (QED) is 0.815. The highest BCUT2D eigenvalue weighted by atomic mass is 127. The molecule has 1 atom stereocenters. The van der Waals surface area contributed by atoms with Gasteiger partial charge in [-0.3, -0.25) is 5.10 Å². The van der Waals surface area contributed by atoms with E-state index in [-0.39, 0.29) is 0 Å². The maximum Gasteiger partial charge on any atom is 0.142 e. The molecular formula is C14H14IN5. The van der Waals surface area contributed by atoms with Crippen LogP contribution in [0.25, 0.3) is 0 Å². The molecule has 1 N–H and O–H groups in total. The second-order valence-electron chi connectivity index (χ2n) is 4.91. The minimum Gasteiger partial charge on any atom is -0.356 e. The van der Waals surface area contributed by atoms with E-state index in [1.165, 1.54) is 9.26 Å². The lowest BCUT2D eigenvalue weighted by Crippen LogP contribution is -2.35. The Balaban J connectivity index is 1.81. The van der Waals surface area contributed by atoms with Gasteiger partial charge in [-0.2, -0.15) is 10.4 Å². The fourth-order valence-electron chi connectivity index (χ4n) is 2.65. The zero-order chi connectivity index (χ0) is 13.9. The molecule has 2 aromatic rings. The number of rotatable bonds is 2. The highest BCUT2D eigenvalue weighted by Gasteiger charge is 2.25. The highest BCUT2D eigenvalue weighted by molar-refractivity contribution is 14.1. The summed E-state index contributed by atoms with van der Waals surface area (Å²) in [5, 5.41) is 16.2. The third-order valence-corrected chi connectivity index (χ3v) is 4.48. The number of nitrogens with one attached hydrogen (secondary N) is 1. The molecule has 1 fully saturated rings. The summed E-state index contributed by atoms with van der Waals surface area (Å²) in [6.07, 6.45) is 4.15. The van der Waals surface area contributed by atoms with Gasteiger partial charge in [-0.15, -0.1) is 0 Å². The molecule has 1 saturated heterocycles. The van der Waals surface area contributed by atoms with Gasteiger partial charge in [0.15, 0.2) is 0 Å². The minimum atomic E-state index is 0.450. The van der Waals surface area contributed by atoms with Crippen molar-refractivity contribution < 1.29 is 0 Å². The molecule has 5 nitrogen and oxygen atoms in total. The number of nitrogens with zero attached hydrogens (tertiary/aromatic N) is 4. The Kier molecular flexibility index (Phi) is 3.87. The number of aromatic amines is 1. The number of halogens is 1. The molecule has 0 aromatic carbocycles. The van der Waals surface area contributed by atoms with Crippen molar-refractivity contribution >= 4 is 28.4 Å². The maximum atomic E-state index is 8.95. The number of H-pyrrole nitrogens is 1. The Labute approximate surface area is 131 Å². The van der Waals surface area contributed by atoms with Crippen LogP contribution in [-0.4, -0.2) is 28.3 Å². The molecule has 102 valence electrons. The Bertz CT molecular complexity index is 645. The number of pyridine rings is 1. The predicted molar refractivity (Wildman–Crippen MR) is 84.4 cm³/mol. The van der Waals surface area contributed by atoms with Gasteiger partial charge in [-0.05, 0) is 47.6 Å². The summed E-state index contributed by atoms with van der Waals surface area (Å²) in [4.78, 5) is 6.65. The van der Waals surface area contributed by atoms with Crippen LogP contribution in [0.15, 0.2) is 24.4 Å². The van der Waals surface area contributed by atoms with E-state index in [0.717, 1.165) is 31.7 Å². The van der Waals surface area contributed by atoms with E-state index in [1.54, 1.807) is 6.07 Å². The molecule has 0 radical (unpaired) electrons. The van der Waals surface area contributed by atoms with Crippen molar-refractivity contribution in [2.75, 3.05) is 18.0 Å². The molecule has 0 saturated carbocycles. The van der Waals surface area contributed by atoms with Crippen LogP contribution in [0.3, 0.4) is 0 Å². The van der Waals surface area contributed by atoms with E-state index in [4.69, 9.17) is 5.26 Å². The number of nitriles is 1. The van der Waals surface area contributed by atoms with Crippen LogP contribution >= 0.6 is 22.6 Å². The average molecular weight is 379 g/mol. The minimum absolute atomic E-state index is 0.450. The zero-order valence-corrected chi connectivity index (χ0v) is 13.0. The second kappa shape index (κ2) is 5.79. The first-order valence-electron chi connectivity index (χ1n) is 6.59. The van der Waals surface area contributed by atoms with Gasteiger partial charge in [0.1, 0.15) is 17.6 Å². The van der Waals surface area contributed by atoms with Gasteiger partial charge >= 0.3 is 0 Å². The third kappa shape index (κ3) is 2.63. The van der Waals surface area contributed by atoms with E-state index in [1.807, 2.05) is 18.3 Å². The van der Waals surface area contributed by atoms with Crippen molar-refractivity contribution in [2.45, 2.75) is 18.8 Å². The summed E-state index contributed by atoms with van der Waals surface area (Å²) in [5.41, 5.74) is 1.69. The molecule has 3 heterocycles. The Morgan fingerprint density at radius 3 is 3.10 bits per heavy atom. The first-order chi connectivity index (χ1) is 9.78. The van der Waals surface area contributed by atoms with Crippen LogP contribution in [0.1, 0.15) is 30.1 Å². The highest BCUT2D eigenvalue weighted by Crippen LogP contribution is 2.30. The molecule has 1 unspecified atom stereocenters. The van der Waals surface area contributed by atoms with Crippen LogP contribution in [0.4, 0.5) is 5.82 Å². The van der Waals surface area contributed by atoms with E-state index in [9.17, 15) is 0 Å². The van der Waals surface area contributed by atoms with E-state index in [2.05, 4.69) is 48.7 Å². The van der Waals surface area contributed by atoms with Gasteiger partial charge < -0.3 is 4.90 Å². The van der Waals surface area contributed by atoms with Gasteiger partial charge in [0, 0.05) is 19.0 Å². The van der Waals surface area contributed by atoms with Crippen LogP contribution in [0, 0.1) is 14.9 Å². The van der Waals surface area contributed by atoms with Crippen molar-refractivity contribution in [3.8, 4) is 6.07 Å². The van der Waals surface area contributed by atoms with Crippen molar-refractivity contribution in [2.24, 2.45) is 0 Å². The molecular weight excluding hydrogens is 365 g/mol. The molecule has 0 spiro atoms. The van der Waals surface area contributed by atoms with Gasteiger partial charge in [0.05, 0.1) is 15.5 Å². The summed E-state index contributed by atoms with van der Waals surface area (Å²) in [7, 11) is 0. The standard InChI is InChI=1S/C14H14IN5/c15-12-8-17-19-14(12)10-3-2-6-20(9-10)13-5-1-4-11(7-16)18-13/h1,4-5,8,10H,2-3,6,9H2,(H,17,19). The van der Waals surface area contributed by atoms with Crippen LogP contribution in [-0.2, 0) is 0 Å². The predicted octanol–water partition coefficient (Wildman–Crippen LogP) is 2.66. The molecule has 2 aromatic heterocycles. The summed E-state index contributed by atoms with van der Waals surface area (Å²) in [6, 6.07) is 7.70. The fraction of sp³-hybridized carbons (Fsp3) is 0.357. The van der Waals surface area contributed by atoms with Gasteiger partial charge in [0.25, 0.3) is 0 Å². The molecule has 0 bridgehead atoms. The first kappa shape index (κ1) is 13.4. The normalized spacial score (nSPS) is 18.8. The molecule has 0 amide bonds. The average Bonchev–Trinajstić information content (AvgIpc) is 2.94. The summed E-state index contributed by atoms with van der Waals surface area (Å²) < 4.78 is 1.19. The SMILES string of the molecule is N#Cc1cccc(N2CCCC(c3[nH]ncc3I)C2)n1. The smallest absolute Gasteiger partial charge is 0.142 e. The number of hydrogen-bond acceptors (Lipinski definition) is 4. The molecule has 1 aliphatic heterocycles. The lowest BCUT2D eigenvalue weighted by molar-refractivity contribution is 0.496. The number of hydrogen-bond donors (Lipinski definition) is 1. The lowest BCUT2D eigenvalue weighted by atomic mass is 9.95. The first-order valence-corrected chi connectivity index (χ1v) is 7.66. The number of anilines is 1. The summed E-state index contributed by atoms with van der Waals surface area (Å²) >= 11 is 2.32. The molecule has 6 heteroatoms. The third-order valence-electron chi connectivity index (χ3n) is 3.62. The topological polar surface area (TPSA) is 68.6 Å². The number of piperidine rings is 1. The summed E-state index contributed by atoms with van der Waals surface area (Å²) in [6.45, 7) is 1.91. The molecule has 3 rings (SSSR count). The lowest BCUT2D eigenvalue weighted by Gasteiger charge is -2.33. The van der Waals surface area contributed by atoms with Gasteiger partial charge in [-0.1, -0.05) is 6.07 Å². The van der Waals surface area contributed by atoms with Crippen LogP contribution < -0.4 is 4.90 Å². The largest absolute Gasteiger partial charge is 0.356 e. The van der Waals surface area contributed by atoms with E-state index < -0.39 is 0 Å². The molecule has 20 heavy (non-hydrogen) atoms. The van der Waals surface area contributed by atoms with Crippen LogP contribution in [0.2, 0.25) is 0 Å². The van der Waals surface area contributed by atoms with Crippen LogP contribution in [0.5, 0.6) is 0 Å². The van der Waals surface area contributed by atoms with E-state index >= 15 is 0 Å². The van der Waals surface area contributed by atoms with Gasteiger partial charge in [-0.25, -0.2) is 4.98 Å². The second-order valence-corrected chi connectivity index (χ2v) is 6.07. The molecule has 1 aliphatic rings. The Morgan fingerprint density at radius 1 is 1.45 bits per heavy atom. The fourth-order valence-corrected chi connectivity index (χ4v) is 3.35.